The lowest BCUT2D eigenvalue weighted by molar-refractivity contribution is -0.332. The lowest BCUT2D eigenvalue weighted by Crippen LogP contribution is -2.59. The Morgan fingerprint density at radius 1 is 1.10 bits per heavy atom. The highest BCUT2D eigenvalue weighted by molar-refractivity contribution is 7.90. The van der Waals surface area contributed by atoms with E-state index in [0.717, 1.165) is 4.72 Å². The van der Waals surface area contributed by atoms with Crippen LogP contribution in [0.2, 0.25) is 0 Å². The fourth-order valence-corrected chi connectivity index (χ4v) is 2.16. The Kier molecular flexibility index (Phi) is 6.02. The molecule has 13 heteroatoms. The molecule has 21 heavy (non-hydrogen) atoms. The van der Waals surface area contributed by atoms with Crippen LogP contribution in [0.3, 0.4) is 0 Å². The minimum Gasteiger partial charge on any atom is -0.390 e. The number of nitrogens with zero attached hydrogens (tertiary/aromatic N) is 1. The van der Waals surface area contributed by atoms with E-state index in [1.54, 1.807) is 0 Å². The summed E-state index contributed by atoms with van der Waals surface area (Å²) in [6.07, 6.45) is -8.34. The maximum atomic E-state index is 13.0. The standard InChI is InChI=1S/C8H13F7N2O3S/c1-17(2)4-5(18)3-16-21(19,20)8(14,15)6(9,10)7(11,12)13/h5,16,18H,3-4H2,1-2H3. The SMILES string of the molecule is CN(C)CC(O)CNS(=O)(=O)C(F)(F)C(F)(F)C(F)(F)F. The number of hydrogen-bond donors (Lipinski definition) is 2. The molecule has 0 aliphatic heterocycles. The van der Waals surface area contributed by atoms with Crippen LogP contribution in [-0.4, -0.2) is 69.1 Å². The quantitative estimate of drug-likeness (QED) is 0.661. The molecular formula is C8H13F7N2O3S. The first-order valence-electron chi connectivity index (χ1n) is 5.20. The van der Waals surface area contributed by atoms with Crippen molar-refractivity contribution >= 4 is 10.0 Å². The molecule has 0 amide bonds. The summed E-state index contributed by atoms with van der Waals surface area (Å²) < 4.78 is 109. The smallest absolute Gasteiger partial charge is 0.390 e. The molecule has 0 aliphatic carbocycles. The van der Waals surface area contributed by atoms with E-state index in [9.17, 15) is 44.3 Å². The molecule has 5 nitrogen and oxygen atoms in total. The summed E-state index contributed by atoms with van der Waals surface area (Å²) in [5, 5.41) is 2.77. The highest BCUT2D eigenvalue weighted by Gasteiger charge is 2.78. The first-order chi connectivity index (χ1) is 9.06. The van der Waals surface area contributed by atoms with Gasteiger partial charge < -0.3 is 10.0 Å². The third kappa shape index (κ3) is 4.40. The normalized spacial score (nSPS) is 16.3. The van der Waals surface area contributed by atoms with Crippen molar-refractivity contribution in [2.45, 2.75) is 23.5 Å². The van der Waals surface area contributed by atoms with Crippen molar-refractivity contribution in [1.29, 1.82) is 0 Å². The van der Waals surface area contributed by atoms with E-state index < -0.39 is 40.0 Å². The average molecular weight is 350 g/mol. The molecule has 0 aromatic rings. The molecule has 0 spiro atoms. The summed E-state index contributed by atoms with van der Waals surface area (Å²) in [4.78, 5) is 1.31. The third-order valence-corrected chi connectivity index (χ3v) is 3.62. The van der Waals surface area contributed by atoms with Gasteiger partial charge in [0.15, 0.2) is 0 Å². The van der Waals surface area contributed by atoms with Crippen molar-refractivity contribution in [2.24, 2.45) is 0 Å². The van der Waals surface area contributed by atoms with Gasteiger partial charge in [-0.25, -0.2) is 13.1 Å². The predicted molar refractivity (Wildman–Crippen MR) is 57.4 cm³/mol. The van der Waals surface area contributed by atoms with E-state index in [4.69, 9.17) is 0 Å². The van der Waals surface area contributed by atoms with Crippen LogP contribution in [0.4, 0.5) is 30.7 Å². The van der Waals surface area contributed by atoms with Gasteiger partial charge in [0.25, 0.3) is 10.0 Å². The zero-order valence-corrected chi connectivity index (χ0v) is 11.6. The van der Waals surface area contributed by atoms with Crippen LogP contribution < -0.4 is 4.72 Å². The molecule has 1 unspecified atom stereocenters. The van der Waals surface area contributed by atoms with Crippen LogP contribution in [0.15, 0.2) is 0 Å². The summed E-state index contributed by atoms with van der Waals surface area (Å²) in [6, 6.07) is 0. The molecule has 0 fully saturated rings. The van der Waals surface area contributed by atoms with Gasteiger partial charge >= 0.3 is 17.4 Å². The molecule has 0 aliphatic rings. The number of halogens is 7. The highest BCUT2D eigenvalue weighted by Crippen LogP contribution is 2.48. The van der Waals surface area contributed by atoms with Crippen molar-refractivity contribution in [1.82, 2.24) is 9.62 Å². The van der Waals surface area contributed by atoms with Gasteiger partial charge in [0.1, 0.15) is 0 Å². The number of sulfonamides is 1. The Morgan fingerprint density at radius 2 is 1.52 bits per heavy atom. The van der Waals surface area contributed by atoms with Gasteiger partial charge in [0, 0.05) is 13.1 Å². The van der Waals surface area contributed by atoms with Crippen LogP contribution in [0.1, 0.15) is 0 Å². The van der Waals surface area contributed by atoms with E-state index in [1.165, 1.54) is 19.0 Å². The van der Waals surface area contributed by atoms with Crippen LogP contribution in [0.25, 0.3) is 0 Å². The Bertz CT molecular complexity index is 449. The average Bonchev–Trinajstić information content (AvgIpc) is 2.23. The molecule has 1 atom stereocenters. The number of aliphatic hydroxyl groups is 1. The van der Waals surface area contributed by atoms with Gasteiger partial charge in [0.2, 0.25) is 0 Å². The van der Waals surface area contributed by atoms with Crippen molar-refractivity contribution in [3.63, 3.8) is 0 Å². The van der Waals surface area contributed by atoms with Gasteiger partial charge in [-0.1, -0.05) is 0 Å². The number of likely N-dealkylation sites (N-methyl/N-ethyl adjacent to an activating group) is 1. The van der Waals surface area contributed by atoms with E-state index in [2.05, 4.69) is 0 Å². The molecule has 0 saturated heterocycles. The van der Waals surface area contributed by atoms with Crippen LogP contribution in [-0.2, 0) is 10.0 Å². The maximum absolute atomic E-state index is 13.0. The largest absolute Gasteiger partial charge is 0.461 e. The number of hydrogen-bond acceptors (Lipinski definition) is 4. The Balaban J connectivity index is 5.15. The minimum atomic E-state index is -6.78. The van der Waals surface area contributed by atoms with Gasteiger partial charge in [-0.15, -0.1) is 0 Å². The molecule has 2 N–H and O–H groups in total. The Hall–Kier alpha value is -0.660. The molecule has 0 heterocycles. The molecule has 0 saturated carbocycles. The van der Waals surface area contributed by atoms with Crippen molar-refractivity contribution in [2.75, 3.05) is 27.2 Å². The molecular weight excluding hydrogens is 337 g/mol. The Labute approximate surface area is 115 Å². The molecule has 0 radical (unpaired) electrons. The van der Waals surface area contributed by atoms with E-state index >= 15 is 0 Å². The third-order valence-electron chi connectivity index (χ3n) is 2.14. The van der Waals surface area contributed by atoms with Gasteiger partial charge in [-0.3, -0.25) is 0 Å². The van der Waals surface area contributed by atoms with Crippen molar-refractivity contribution in [3.8, 4) is 0 Å². The summed E-state index contributed by atoms with van der Waals surface area (Å²) in [7, 11) is -3.52. The van der Waals surface area contributed by atoms with E-state index in [1.807, 2.05) is 0 Å². The van der Waals surface area contributed by atoms with Crippen molar-refractivity contribution in [3.05, 3.63) is 0 Å². The second-order valence-electron chi connectivity index (χ2n) is 4.36. The van der Waals surface area contributed by atoms with Crippen LogP contribution in [0, 0.1) is 0 Å². The number of nitrogens with one attached hydrogen (secondary N) is 1. The zero-order chi connectivity index (χ0) is 17.3. The second-order valence-corrected chi connectivity index (χ2v) is 6.17. The minimum absolute atomic E-state index is 0.232. The van der Waals surface area contributed by atoms with Crippen molar-refractivity contribution < 1.29 is 44.3 Å². The molecule has 0 aromatic heterocycles. The maximum Gasteiger partial charge on any atom is 0.461 e. The topological polar surface area (TPSA) is 69.6 Å². The molecule has 0 rings (SSSR count). The molecule has 128 valence electrons. The summed E-state index contributed by atoms with van der Waals surface area (Å²) in [5.74, 6) is -6.78. The Morgan fingerprint density at radius 3 is 1.86 bits per heavy atom. The fourth-order valence-electron chi connectivity index (χ4n) is 1.12. The molecule has 0 bridgehead atoms. The lowest BCUT2D eigenvalue weighted by atomic mass is 10.3. The fraction of sp³-hybridized carbons (Fsp3) is 1.00. The van der Waals surface area contributed by atoms with Crippen LogP contribution >= 0.6 is 0 Å². The van der Waals surface area contributed by atoms with Crippen LogP contribution in [0.5, 0.6) is 0 Å². The predicted octanol–water partition coefficient (Wildman–Crippen LogP) is 0.619. The summed E-state index contributed by atoms with van der Waals surface area (Å²) >= 11 is 0. The van der Waals surface area contributed by atoms with E-state index in [0.29, 0.717) is 0 Å². The zero-order valence-electron chi connectivity index (χ0n) is 10.8. The van der Waals surface area contributed by atoms with Gasteiger partial charge in [-0.05, 0) is 14.1 Å². The number of rotatable bonds is 7. The first kappa shape index (κ1) is 20.3. The van der Waals surface area contributed by atoms with E-state index in [-0.39, 0.29) is 6.54 Å². The van der Waals surface area contributed by atoms with Gasteiger partial charge in [0.05, 0.1) is 6.10 Å². The first-order valence-corrected chi connectivity index (χ1v) is 6.69. The highest BCUT2D eigenvalue weighted by atomic mass is 32.2. The molecule has 0 aromatic carbocycles. The number of aliphatic hydroxyl groups excluding tert-OH is 1. The number of alkyl halides is 7. The summed E-state index contributed by atoms with van der Waals surface area (Å²) in [5.41, 5.74) is 0. The van der Waals surface area contributed by atoms with Gasteiger partial charge in [-0.2, -0.15) is 30.7 Å². The monoisotopic (exact) mass is 350 g/mol. The second kappa shape index (κ2) is 6.22. The summed E-state index contributed by atoms with van der Waals surface area (Å²) in [6.45, 7) is -1.38. The lowest BCUT2D eigenvalue weighted by Gasteiger charge is -2.28.